The van der Waals surface area contributed by atoms with E-state index in [9.17, 15) is 13.2 Å². The summed E-state index contributed by atoms with van der Waals surface area (Å²) in [6.45, 7) is 2.07. The van der Waals surface area contributed by atoms with E-state index in [1.807, 2.05) is 25.1 Å². The molecule has 0 saturated heterocycles. The van der Waals surface area contributed by atoms with E-state index in [1.54, 1.807) is 12.1 Å². The van der Waals surface area contributed by atoms with Crippen molar-refractivity contribution in [1.29, 1.82) is 5.26 Å². The van der Waals surface area contributed by atoms with Crippen molar-refractivity contribution >= 4 is 15.8 Å². The molecule has 0 aliphatic rings. The first kappa shape index (κ1) is 17.9. The van der Waals surface area contributed by atoms with Crippen LogP contribution in [0, 0.1) is 11.3 Å². The lowest BCUT2D eigenvalue weighted by atomic mass is 10.1. The Morgan fingerprint density at radius 1 is 1.08 bits per heavy atom. The maximum Gasteiger partial charge on any atom is 0.240 e. The molecular weight excluding hydrogens is 324 g/mol. The van der Waals surface area contributed by atoms with Gasteiger partial charge in [-0.15, -0.1) is 0 Å². The second-order valence-electron chi connectivity index (χ2n) is 5.26. The first-order valence-corrected chi connectivity index (χ1v) is 9.06. The lowest BCUT2D eigenvalue weighted by Crippen LogP contribution is -2.26. The van der Waals surface area contributed by atoms with Crippen LogP contribution >= 0.6 is 0 Å². The van der Waals surface area contributed by atoms with Gasteiger partial charge in [-0.1, -0.05) is 31.2 Å². The van der Waals surface area contributed by atoms with Gasteiger partial charge in [0.25, 0.3) is 0 Å². The van der Waals surface area contributed by atoms with E-state index < -0.39 is 10.0 Å². The van der Waals surface area contributed by atoms with Crippen LogP contribution in [0.2, 0.25) is 0 Å². The van der Waals surface area contributed by atoms with Gasteiger partial charge in [-0.2, -0.15) is 5.26 Å². The van der Waals surface area contributed by atoms with Crippen LogP contribution in [0.1, 0.15) is 34.8 Å². The molecule has 1 N–H and O–H groups in total. The molecule has 24 heavy (non-hydrogen) atoms. The van der Waals surface area contributed by atoms with Crippen molar-refractivity contribution in [2.75, 3.05) is 6.54 Å². The SMILES string of the molecule is CCC(=O)c1ccc(CCNS(=O)(=O)c2ccc(C#N)cc2)cc1. The number of ketones is 1. The molecule has 0 atom stereocenters. The van der Waals surface area contributed by atoms with Gasteiger partial charge in [0, 0.05) is 18.5 Å². The Bertz CT molecular complexity index is 849. The van der Waals surface area contributed by atoms with Gasteiger partial charge in [0.1, 0.15) is 0 Å². The Labute approximate surface area is 142 Å². The summed E-state index contributed by atoms with van der Waals surface area (Å²) in [4.78, 5) is 11.7. The summed E-state index contributed by atoms with van der Waals surface area (Å²) < 4.78 is 26.9. The van der Waals surface area contributed by atoms with Crippen LogP contribution in [-0.4, -0.2) is 20.7 Å². The molecule has 0 amide bonds. The summed E-state index contributed by atoms with van der Waals surface area (Å²) in [7, 11) is -3.59. The van der Waals surface area contributed by atoms with Crippen molar-refractivity contribution in [3.63, 3.8) is 0 Å². The molecule has 2 rings (SSSR count). The molecule has 5 nitrogen and oxygen atoms in total. The second kappa shape index (κ2) is 7.86. The quantitative estimate of drug-likeness (QED) is 0.784. The molecule has 0 aromatic heterocycles. The normalized spacial score (nSPS) is 11.0. The average molecular weight is 342 g/mol. The zero-order chi connectivity index (χ0) is 17.6. The van der Waals surface area contributed by atoms with Crippen molar-refractivity contribution in [3.8, 4) is 6.07 Å². The largest absolute Gasteiger partial charge is 0.294 e. The highest BCUT2D eigenvalue weighted by Gasteiger charge is 2.13. The van der Waals surface area contributed by atoms with E-state index in [0.717, 1.165) is 5.56 Å². The van der Waals surface area contributed by atoms with Crippen LogP contribution in [0.5, 0.6) is 0 Å². The van der Waals surface area contributed by atoms with Crippen molar-refractivity contribution in [2.24, 2.45) is 0 Å². The summed E-state index contributed by atoms with van der Waals surface area (Å²) >= 11 is 0. The predicted molar refractivity (Wildman–Crippen MR) is 91.1 cm³/mol. The van der Waals surface area contributed by atoms with E-state index >= 15 is 0 Å². The second-order valence-corrected chi connectivity index (χ2v) is 7.02. The number of carbonyl (C=O) groups excluding carboxylic acids is 1. The van der Waals surface area contributed by atoms with Gasteiger partial charge in [0.15, 0.2) is 5.78 Å². The monoisotopic (exact) mass is 342 g/mol. The number of benzene rings is 2. The standard InChI is InChI=1S/C18H18N2O3S/c1-2-18(21)16-7-3-14(4-8-16)11-12-20-24(22,23)17-9-5-15(13-19)6-10-17/h3-10,20H,2,11-12H2,1H3. The Morgan fingerprint density at radius 2 is 1.71 bits per heavy atom. The summed E-state index contributed by atoms with van der Waals surface area (Å²) in [5, 5.41) is 8.73. The van der Waals surface area contributed by atoms with Crippen molar-refractivity contribution < 1.29 is 13.2 Å². The van der Waals surface area contributed by atoms with Crippen LogP contribution in [-0.2, 0) is 16.4 Å². The smallest absolute Gasteiger partial charge is 0.240 e. The highest BCUT2D eigenvalue weighted by Crippen LogP contribution is 2.11. The molecule has 0 spiro atoms. The van der Waals surface area contributed by atoms with Crippen LogP contribution in [0.4, 0.5) is 0 Å². The average Bonchev–Trinajstić information content (AvgIpc) is 2.61. The van der Waals surface area contributed by atoms with Gasteiger partial charge in [-0.05, 0) is 36.2 Å². The van der Waals surface area contributed by atoms with Crippen LogP contribution in [0.15, 0.2) is 53.4 Å². The molecule has 0 aliphatic heterocycles. The fourth-order valence-electron chi connectivity index (χ4n) is 2.18. The Hall–Kier alpha value is -2.49. The number of rotatable bonds is 7. The van der Waals surface area contributed by atoms with E-state index in [1.165, 1.54) is 24.3 Å². The molecule has 2 aromatic rings. The van der Waals surface area contributed by atoms with Gasteiger partial charge in [-0.25, -0.2) is 13.1 Å². The van der Waals surface area contributed by atoms with Crippen molar-refractivity contribution in [1.82, 2.24) is 4.72 Å². The molecule has 0 heterocycles. The summed E-state index contributed by atoms with van der Waals surface area (Å²) in [6.07, 6.45) is 0.986. The minimum absolute atomic E-state index is 0.0862. The highest BCUT2D eigenvalue weighted by atomic mass is 32.2. The Morgan fingerprint density at radius 3 is 2.25 bits per heavy atom. The number of hydrogen-bond donors (Lipinski definition) is 1. The maximum absolute atomic E-state index is 12.2. The van der Waals surface area contributed by atoms with Crippen molar-refractivity contribution in [2.45, 2.75) is 24.7 Å². The summed E-state index contributed by atoms with van der Waals surface area (Å²) in [5.74, 6) is 0.0862. The van der Waals surface area contributed by atoms with Crippen LogP contribution < -0.4 is 4.72 Å². The molecule has 2 aromatic carbocycles. The highest BCUT2D eigenvalue weighted by molar-refractivity contribution is 7.89. The minimum atomic E-state index is -3.59. The van der Waals surface area contributed by atoms with E-state index in [2.05, 4.69) is 4.72 Å². The zero-order valence-corrected chi connectivity index (χ0v) is 14.1. The van der Waals surface area contributed by atoms with E-state index in [4.69, 9.17) is 5.26 Å². The lowest BCUT2D eigenvalue weighted by Gasteiger charge is -2.07. The molecule has 0 fully saturated rings. The molecule has 0 radical (unpaired) electrons. The van der Waals surface area contributed by atoms with Gasteiger partial charge < -0.3 is 0 Å². The molecule has 0 aliphatic carbocycles. The molecular formula is C18H18N2O3S. The number of carbonyl (C=O) groups is 1. The number of nitriles is 1. The Kier molecular flexibility index (Phi) is 5.85. The number of hydrogen-bond acceptors (Lipinski definition) is 4. The van der Waals surface area contributed by atoms with Gasteiger partial charge in [0.2, 0.25) is 10.0 Å². The van der Waals surface area contributed by atoms with Gasteiger partial charge in [0.05, 0.1) is 16.5 Å². The predicted octanol–water partition coefficient (Wildman–Crippen LogP) is 2.67. The molecule has 0 saturated carbocycles. The van der Waals surface area contributed by atoms with Crippen LogP contribution in [0.3, 0.4) is 0 Å². The molecule has 6 heteroatoms. The lowest BCUT2D eigenvalue weighted by molar-refractivity contribution is 0.0988. The summed E-state index contributed by atoms with van der Waals surface area (Å²) in [6, 6.07) is 14.9. The third-order valence-corrected chi connectivity index (χ3v) is 5.07. The fourth-order valence-corrected chi connectivity index (χ4v) is 3.21. The zero-order valence-electron chi connectivity index (χ0n) is 13.3. The summed E-state index contributed by atoms with van der Waals surface area (Å²) in [5.41, 5.74) is 2.03. The van der Waals surface area contributed by atoms with Gasteiger partial charge in [-0.3, -0.25) is 4.79 Å². The number of nitrogens with one attached hydrogen (secondary N) is 1. The Balaban J connectivity index is 1.95. The first-order valence-electron chi connectivity index (χ1n) is 7.58. The van der Waals surface area contributed by atoms with Crippen LogP contribution in [0.25, 0.3) is 0 Å². The molecule has 124 valence electrons. The fraction of sp³-hybridized carbons (Fsp3) is 0.222. The maximum atomic E-state index is 12.2. The third-order valence-electron chi connectivity index (χ3n) is 3.60. The first-order chi connectivity index (χ1) is 11.5. The number of sulfonamides is 1. The van der Waals surface area contributed by atoms with Gasteiger partial charge >= 0.3 is 0 Å². The topological polar surface area (TPSA) is 87.0 Å². The molecule has 0 unspecified atom stereocenters. The van der Waals surface area contributed by atoms with E-state index in [0.29, 0.717) is 24.0 Å². The number of nitrogens with zero attached hydrogens (tertiary/aromatic N) is 1. The molecule has 0 bridgehead atoms. The van der Waals surface area contributed by atoms with E-state index in [-0.39, 0.29) is 17.2 Å². The minimum Gasteiger partial charge on any atom is -0.294 e. The van der Waals surface area contributed by atoms with Crippen molar-refractivity contribution in [3.05, 3.63) is 65.2 Å². The third kappa shape index (κ3) is 4.51. The number of Topliss-reactive ketones (excluding diaryl/α,β-unsaturated/α-hetero) is 1.